The molecule has 0 spiro atoms. The van der Waals surface area contributed by atoms with Crippen LogP contribution < -0.4 is 0 Å². The lowest BCUT2D eigenvalue weighted by Gasteiger charge is -1.98. The van der Waals surface area contributed by atoms with Crippen molar-refractivity contribution in [2.75, 3.05) is 0 Å². The van der Waals surface area contributed by atoms with Crippen LogP contribution in [-0.4, -0.2) is 20.5 Å². The van der Waals surface area contributed by atoms with Gasteiger partial charge in [0.2, 0.25) is 0 Å². The summed E-state index contributed by atoms with van der Waals surface area (Å²) in [5.74, 6) is -0.950. The third-order valence-corrected chi connectivity index (χ3v) is 2.99. The molecule has 3 aromatic rings. The Kier molecular flexibility index (Phi) is 2.76. The number of hydrogen-bond acceptors (Lipinski definition) is 2. The van der Waals surface area contributed by atoms with Crippen LogP contribution in [-0.2, 0) is 6.42 Å². The first-order valence-corrected chi connectivity index (χ1v) is 5.98. The first-order chi connectivity index (χ1) is 9.24. The van der Waals surface area contributed by atoms with Gasteiger partial charge in [-0.25, -0.2) is 9.78 Å². The largest absolute Gasteiger partial charge is 0.477 e. The Balaban J connectivity index is 2.03. The minimum Gasteiger partial charge on any atom is -0.477 e. The maximum atomic E-state index is 11.1. The molecule has 0 aliphatic carbocycles. The third kappa shape index (κ3) is 2.20. The molecule has 0 saturated heterocycles. The first kappa shape index (κ1) is 11.5. The van der Waals surface area contributed by atoms with Gasteiger partial charge in [0.15, 0.2) is 0 Å². The lowest BCUT2D eigenvalue weighted by molar-refractivity contribution is 0.0689. The van der Waals surface area contributed by atoms with E-state index < -0.39 is 5.97 Å². The van der Waals surface area contributed by atoms with E-state index in [0.717, 1.165) is 11.3 Å². The first-order valence-electron chi connectivity index (χ1n) is 5.98. The van der Waals surface area contributed by atoms with E-state index in [4.69, 9.17) is 5.11 Å². The Morgan fingerprint density at radius 1 is 1.11 bits per heavy atom. The maximum absolute atomic E-state index is 11.1. The van der Waals surface area contributed by atoms with E-state index in [9.17, 15) is 4.79 Å². The second-order valence-electron chi connectivity index (χ2n) is 4.34. The summed E-state index contributed by atoms with van der Waals surface area (Å²) >= 11 is 0. The van der Waals surface area contributed by atoms with Crippen molar-refractivity contribution in [1.82, 2.24) is 9.38 Å². The van der Waals surface area contributed by atoms with E-state index in [2.05, 4.69) is 4.98 Å². The lowest BCUT2D eigenvalue weighted by atomic mass is 10.1. The van der Waals surface area contributed by atoms with E-state index in [1.54, 1.807) is 28.8 Å². The van der Waals surface area contributed by atoms with Crippen LogP contribution in [0.3, 0.4) is 0 Å². The molecule has 0 aliphatic heterocycles. The summed E-state index contributed by atoms with van der Waals surface area (Å²) in [6, 6.07) is 15.1. The minimum atomic E-state index is -0.950. The molecular formula is C15H12N2O2. The molecule has 0 saturated carbocycles. The minimum absolute atomic E-state index is 0.226. The van der Waals surface area contributed by atoms with Crippen molar-refractivity contribution in [3.8, 4) is 0 Å². The van der Waals surface area contributed by atoms with Crippen LogP contribution in [0, 0.1) is 0 Å². The van der Waals surface area contributed by atoms with Crippen molar-refractivity contribution in [3.05, 3.63) is 71.7 Å². The highest BCUT2D eigenvalue weighted by atomic mass is 16.4. The van der Waals surface area contributed by atoms with Crippen molar-refractivity contribution in [2.24, 2.45) is 0 Å². The quantitative estimate of drug-likeness (QED) is 0.779. The van der Waals surface area contributed by atoms with Crippen LogP contribution in [0.5, 0.6) is 0 Å². The van der Waals surface area contributed by atoms with Crippen LogP contribution in [0.4, 0.5) is 0 Å². The summed E-state index contributed by atoms with van der Waals surface area (Å²) < 4.78 is 1.61. The highest BCUT2D eigenvalue weighted by Gasteiger charge is 2.10. The lowest BCUT2D eigenvalue weighted by Crippen LogP contribution is -2.03. The molecule has 4 heteroatoms. The van der Waals surface area contributed by atoms with E-state index in [1.807, 2.05) is 30.3 Å². The smallest absolute Gasteiger partial charge is 0.352 e. The highest BCUT2D eigenvalue weighted by Crippen LogP contribution is 2.13. The summed E-state index contributed by atoms with van der Waals surface area (Å²) in [7, 11) is 0. The topological polar surface area (TPSA) is 54.6 Å². The summed E-state index contributed by atoms with van der Waals surface area (Å²) in [6.45, 7) is 0. The van der Waals surface area contributed by atoms with E-state index in [-0.39, 0.29) is 5.69 Å². The van der Waals surface area contributed by atoms with Crippen LogP contribution >= 0.6 is 0 Å². The van der Waals surface area contributed by atoms with Gasteiger partial charge in [0.05, 0.1) is 5.69 Å². The molecule has 0 bridgehead atoms. The Hall–Kier alpha value is -2.62. The molecule has 0 atom stereocenters. The molecule has 19 heavy (non-hydrogen) atoms. The molecule has 1 aromatic carbocycles. The number of carbonyl (C=O) groups is 1. The van der Waals surface area contributed by atoms with Crippen LogP contribution in [0.1, 0.15) is 21.7 Å². The molecule has 0 radical (unpaired) electrons. The number of hydrogen-bond donors (Lipinski definition) is 1. The van der Waals surface area contributed by atoms with Crippen LogP contribution in [0.15, 0.2) is 54.7 Å². The predicted octanol–water partition coefficient (Wildman–Crippen LogP) is 2.62. The zero-order chi connectivity index (χ0) is 13.2. The average Bonchev–Trinajstić information content (AvgIpc) is 2.81. The molecule has 2 heterocycles. The number of carboxylic acids is 1. The molecule has 0 fully saturated rings. The third-order valence-electron chi connectivity index (χ3n) is 2.99. The molecule has 1 N–H and O–H groups in total. The second kappa shape index (κ2) is 4.57. The van der Waals surface area contributed by atoms with Gasteiger partial charge in [-0.05, 0) is 17.7 Å². The van der Waals surface area contributed by atoms with E-state index >= 15 is 0 Å². The van der Waals surface area contributed by atoms with Crippen molar-refractivity contribution < 1.29 is 9.90 Å². The number of pyridine rings is 1. The van der Waals surface area contributed by atoms with E-state index in [1.165, 1.54) is 0 Å². The number of carboxylic acid groups (broad SMARTS) is 1. The number of benzene rings is 1. The number of imidazole rings is 1. The standard InChI is InChI=1S/C15H12N2O2/c18-15(19)13-7-4-8-14-16-12(10-17(13)14)9-11-5-2-1-3-6-11/h1-8,10H,9H2,(H,18,19). The molecule has 0 aliphatic rings. The number of fused-ring (bicyclic) bond motifs is 1. The number of nitrogens with zero attached hydrogens (tertiary/aromatic N) is 2. The van der Waals surface area contributed by atoms with Gasteiger partial charge in [-0.2, -0.15) is 0 Å². The normalized spacial score (nSPS) is 10.7. The van der Waals surface area contributed by atoms with Gasteiger partial charge in [-0.3, -0.25) is 4.40 Å². The van der Waals surface area contributed by atoms with Gasteiger partial charge >= 0.3 is 5.97 Å². The Morgan fingerprint density at radius 3 is 2.63 bits per heavy atom. The van der Waals surface area contributed by atoms with Gasteiger partial charge < -0.3 is 5.11 Å². The summed E-state index contributed by atoms with van der Waals surface area (Å²) in [6.07, 6.45) is 2.48. The molecule has 4 nitrogen and oxygen atoms in total. The molecule has 2 aromatic heterocycles. The SMILES string of the molecule is O=C(O)c1cccc2nc(Cc3ccccc3)cn12. The summed E-state index contributed by atoms with van der Waals surface area (Å²) in [4.78, 5) is 15.6. The fourth-order valence-corrected chi connectivity index (χ4v) is 2.13. The maximum Gasteiger partial charge on any atom is 0.352 e. The highest BCUT2D eigenvalue weighted by molar-refractivity contribution is 5.86. The molecule has 0 unspecified atom stereocenters. The van der Waals surface area contributed by atoms with Crippen LogP contribution in [0.25, 0.3) is 5.65 Å². The fourth-order valence-electron chi connectivity index (χ4n) is 2.13. The zero-order valence-corrected chi connectivity index (χ0v) is 10.2. The van der Waals surface area contributed by atoms with Crippen LogP contribution in [0.2, 0.25) is 0 Å². The molecule has 3 rings (SSSR count). The van der Waals surface area contributed by atoms with E-state index in [0.29, 0.717) is 12.1 Å². The van der Waals surface area contributed by atoms with Crippen molar-refractivity contribution >= 4 is 11.6 Å². The summed E-state index contributed by atoms with van der Waals surface area (Å²) in [5.41, 5.74) is 2.90. The zero-order valence-electron chi connectivity index (χ0n) is 10.2. The molecule has 0 amide bonds. The average molecular weight is 252 g/mol. The van der Waals surface area contributed by atoms with Gasteiger partial charge in [-0.1, -0.05) is 36.4 Å². The Labute approximate surface area is 110 Å². The van der Waals surface area contributed by atoms with Gasteiger partial charge in [0.1, 0.15) is 11.3 Å². The van der Waals surface area contributed by atoms with Gasteiger partial charge in [0.25, 0.3) is 0 Å². The predicted molar refractivity (Wildman–Crippen MR) is 71.4 cm³/mol. The number of rotatable bonds is 3. The Bertz CT molecular complexity index is 732. The van der Waals surface area contributed by atoms with Gasteiger partial charge in [0, 0.05) is 12.6 Å². The van der Waals surface area contributed by atoms with Crippen molar-refractivity contribution in [3.63, 3.8) is 0 Å². The van der Waals surface area contributed by atoms with Gasteiger partial charge in [-0.15, -0.1) is 0 Å². The number of aromatic nitrogens is 2. The molecular weight excluding hydrogens is 240 g/mol. The molecule has 94 valence electrons. The summed E-state index contributed by atoms with van der Waals surface area (Å²) in [5, 5.41) is 9.13. The van der Waals surface area contributed by atoms with Crippen molar-refractivity contribution in [2.45, 2.75) is 6.42 Å². The fraction of sp³-hybridized carbons (Fsp3) is 0.0667. The monoisotopic (exact) mass is 252 g/mol. The van der Waals surface area contributed by atoms with Crippen molar-refractivity contribution in [1.29, 1.82) is 0 Å². The Morgan fingerprint density at radius 2 is 1.89 bits per heavy atom. The number of aromatic carboxylic acids is 1. The second-order valence-corrected chi connectivity index (χ2v) is 4.34.